The molecule has 0 radical (unpaired) electrons. The third kappa shape index (κ3) is 4.50. The first-order valence-electron chi connectivity index (χ1n) is 5.78. The van der Waals surface area contributed by atoms with E-state index in [2.05, 4.69) is 5.32 Å². The van der Waals surface area contributed by atoms with E-state index in [1.807, 2.05) is 0 Å². The van der Waals surface area contributed by atoms with E-state index in [1.54, 1.807) is 38.3 Å². The molecule has 2 unspecified atom stereocenters. The summed E-state index contributed by atoms with van der Waals surface area (Å²) < 4.78 is 10.4. The summed E-state index contributed by atoms with van der Waals surface area (Å²) in [6.07, 6.45) is -0.782. The predicted octanol–water partition coefficient (Wildman–Crippen LogP) is 1.05. The number of rotatable bonds is 6. The van der Waals surface area contributed by atoms with Crippen LogP contribution in [0.25, 0.3) is 0 Å². The van der Waals surface area contributed by atoms with Gasteiger partial charge in [0, 0.05) is 0 Å². The maximum Gasteiger partial charge on any atom is 0.325 e. The van der Waals surface area contributed by atoms with E-state index >= 15 is 0 Å². The highest BCUT2D eigenvalue weighted by molar-refractivity contribution is 5.86. The number of carboxylic acid groups (broad SMARTS) is 1. The van der Waals surface area contributed by atoms with Gasteiger partial charge in [0.05, 0.1) is 7.11 Å². The fourth-order valence-corrected chi connectivity index (χ4v) is 1.30. The fourth-order valence-electron chi connectivity index (χ4n) is 1.30. The summed E-state index contributed by atoms with van der Waals surface area (Å²) in [5.41, 5.74) is 0. The van der Waals surface area contributed by atoms with Crippen molar-refractivity contribution in [3.8, 4) is 11.5 Å². The van der Waals surface area contributed by atoms with Gasteiger partial charge in [0.1, 0.15) is 17.5 Å². The minimum absolute atomic E-state index is 0.481. The number of hydrogen-bond acceptors (Lipinski definition) is 4. The van der Waals surface area contributed by atoms with Crippen LogP contribution in [0.5, 0.6) is 11.5 Å². The number of methoxy groups -OCH3 is 1. The van der Waals surface area contributed by atoms with Crippen molar-refractivity contribution >= 4 is 11.9 Å². The SMILES string of the molecule is COc1ccc(OC(C)C(=O)NC(C)C(=O)O)cc1. The van der Waals surface area contributed by atoms with E-state index in [0.717, 1.165) is 0 Å². The molecule has 0 aliphatic carbocycles. The largest absolute Gasteiger partial charge is 0.497 e. The summed E-state index contributed by atoms with van der Waals surface area (Å²) in [4.78, 5) is 22.3. The Kier molecular flexibility index (Phi) is 5.17. The minimum Gasteiger partial charge on any atom is -0.497 e. The first-order chi connectivity index (χ1) is 8.93. The molecule has 0 fully saturated rings. The van der Waals surface area contributed by atoms with Gasteiger partial charge in [0.25, 0.3) is 5.91 Å². The Hall–Kier alpha value is -2.24. The molecule has 1 aromatic carbocycles. The van der Waals surface area contributed by atoms with Crippen LogP contribution in [0.1, 0.15) is 13.8 Å². The van der Waals surface area contributed by atoms with Gasteiger partial charge in [-0.3, -0.25) is 9.59 Å². The molecule has 0 aliphatic heterocycles. The van der Waals surface area contributed by atoms with Crippen molar-refractivity contribution < 1.29 is 24.2 Å². The van der Waals surface area contributed by atoms with E-state index in [1.165, 1.54) is 6.92 Å². The number of nitrogens with one attached hydrogen (secondary N) is 1. The second-order valence-corrected chi connectivity index (χ2v) is 4.00. The molecule has 0 spiro atoms. The van der Waals surface area contributed by atoms with E-state index < -0.39 is 24.0 Å². The Morgan fingerprint density at radius 1 is 1.16 bits per heavy atom. The third-order valence-electron chi connectivity index (χ3n) is 2.47. The van der Waals surface area contributed by atoms with Crippen LogP contribution in [0.2, 0.25) is 0 Å². The Morgan fingerprint density at radius 3 is 2.16 bits per heavy atom. The number of ether oxygens (including phenoxy) is 2. The Labute approximate surface area is 111 Å². The van der Waals surface area contributed by atoms with Crippen LogP contribution in [-0.2, 0) is 9.59 Å². The molecule has 2 N–H and O–H groups in total. The highest BCUT2D eigenvalue weighted by Gasteiger charge is 2.20. The summed E-state index contributed by atoms with van der Waals surface area (Å²) in [6, 6.07) is 5.81. The minimum atomic E-state index is -1.09. The molecule has 104 valence electrons. The van der Waals surface area contributed by atoms with Crippen molar-refractivity contribution in [2.75, 3.05) is 7.11 Å². The Balaban J connectivity index is 2.55. The lowest BCUT2D eigenvalue weighted by Gasteiger charge is -2.16. The van der Waals surface area contributed by atoms with Crippen LogP contribution in [-0.4, -0.2) is 36.2 Å². The van der Waals surface area contributed by atoms with Gasteiger partial charge in [0.2, 0.25) is 0 Å². The highest BCUT2D eigenvalue weighted by atomic mass is 16.5. The van der Waals surface area contributed by atoms with Gasteiger partial charge in [-0.25, -0.2) is 0 Å². The van der Waals surface area contributed by atoms with Gasteiger partial charge in [-0.05, 0) is 38.1 Å². The van der Waals surface area contributed by atoms with Crippen LogP contribution in [0.15, 0.2) is 24.3 Å². The normalized spacial score (nSPS) is 13.2. The summed E-state index contributed by atoms with van der Waals surface area (Å²) in [6.45, 7) is 2.94. The molecule has 0 heterocycles. The zero-order valence-electron chi connectivity index (χ0n) is 11.0. The number of carboxylic acids is 1. The van der Waals surface area contributed by atoms with Crippen LogP contribution >= 0.6 is 0 Å². The lowest BCUT2D eigenvalue weighted by Crippen LogP contribution is -2.44. The summed E-state index contributed by atoms with van der Waals surface area (Å²) in [5, 5.41) is 11.0. The maximum absolute atomic E-state index is 11.7. The molecule has 6 nitrogen and oxygen atoms in total. The molecule has 0 aliphatic rings. The van der Waals surface area contributed by atoms with Crippen LogP contribution in [0.4, 0.5) is 0 Å². The smallest absolute Gasteiger partial charge is 0.325 e. The maximum atomic E-state index is 11.7. The van der Waals surface area contributed by atoms with Crippen LogP contribution in [0, 0.1) is 0 Å². The molecule has 1 amide bonds. The molecule has 6 heteroatoms. The lowest BCUT2D eigenvalue weighted by atomic mass is 10.3. The van der Waals surface area contributed by atoms with Crippen molar-refractivity contribution in [3.05, 3.63) is 24.3 Å². The van der Waals surface area contributed by atoms with E-state index in [9.17, 15) is 9.59 Å². The molecular weight excluding hydrogens is 250 g/mol. The average Bonchev–Trinajstić information content (AvgIpc) is 2.39. The fraction of sp³-hybridized carbons (Fsp3) is 0.385. The van der Waals surface area contributed by atoms with Crippen LogP contribution in [0.3, 0.4) is 0 Å². The second-order valence-electron chi connectivity index (χ2n) is 4.00. The van der Waals surface area contributed by atoms with E-state index in [-0.39, 0.29) is 0 Å². The number of benzene rings is 1. The van der Waals surface area contributed by atoms with Crippen molar-refractivity contribution in [1.29, 1.82) is 0 Å². The zero-order valence-corrected chi connectivity index (χ0v) is 11.0. The molecule has 0 bridgehead atoms. The Morgan fingerprint density at radius 2 is 1.68 bits per heavy atom. The van der Waals surface area contributed by atoms with E-state index in [0.29, 0.717) is 11.5 Å². The number of carbonyl (C=O) groups excluding carboxylic acids is 1. The van der Waals surface area contributed by atoms with Crippen molar-refractivity contribution in [3.63, 3.8) is 0 Å². The lowest BCUT2D eigenvalue weighted by molar-refractivity contribution is -0.142. The summed E-state index contributed by atoms with van der Waals surface area (Å²) in [7, 11) is 1.55. The molecule has 0 saturated heterocycles. The van der Waals surface area contributed by atoms with E-state index in [4.69, 9.17) is 14.6 Å². The first-order valence-corrected chi connectivity index (χ1v) is 5.78. The Bertz CT molecular complexity index is 443. The monoisotopic (exact) mass is 267 g/mol. The zero-order chi connectivity index (χ0) is 14.4. The van der Waals surface area contributed by atoms with Gasteiger partial charge in [-0.1, -0.05) is 0 Å². The number of amides is 1. The van der Waals surface area contributed by atoms with Crippen molar-refractivity contribution in [2.24, 2.45) is 0 Å². The average molecular weight is 267 g/mol. The summed E-state index contributed by atoms with van der Waals surface area (Å²) in [5.74, 6) is -0.383. The molecule has 2 atom stereocenters. The van der Waals surface area contributed by atoms with Crippen molar-refractivity contribution in [2.45, 2.75) is 26.0 Å². The highest BCUT2D eigenvalue weighted by Crippen LogP contribution is 2.18. The standard InChI is InChI=1S/C13H17NO5/c1-8(13(16)17)14-12(15)9(2)19-11-6-4-10(18-3)5-7-11/h4-9H,1-3H3,(H,14,15)(H,16,17). The van der Waals surface area contributed by atoms with Gasteiger partial charge in [-0.15, -0.1) is 0 Å². The number of carbonyl (C=O) groups is 2. The van der Waals surface area contributed by atoms with Gasteiger partial charge in [-0.2, -0.15) is 0 Å². The molecular formula is C13H17NO5. The van der Waals surface area contributed by atoms with Gasteiger partial charge >= 0.3 is 5.97 Å². The third-order valence-corrected chi connectivity index (χ3v) is 2.47. The molecule has 0 aromatic heterocycles. The van der Waals surface area contributed by atoms with Crippen LogP contribution < -0.4 is 14.8 Å². The second kappa shape index (κ2) is 6.63. The molecule has 1 rings (SSSR count). The molecule has 0 saturated carbocycles. The molecule has 19 heavy (non-hydrogen) atoms. The first kappa shape index (κ1) is 14.8. The quantitative estimate of drug-likeness (QED) is 0.804. The predicted molar refractivity (Wildman–Crippen MR) is 68.3 cm³/mol. The number of aliphatic carboxylic acids is 1. The van der Waals surface area contributed by atoms with Crippen molar-refractivity contribution in [1.82, 2.24) is 5.32 Å². The number of hydrogen-bond donors (Lipinski definition) is 2. The summed E-state index contributed by atoms with van der Waals surface area (Å²) >= 11 is 0. The molecule has 1 aromatic rings. The topological polar surface area (TPSA) is 84.9 Å². The van der Waals surface area contributed by atoms with Gasteiger partial charge in [0.15, 0.2) is 6.10 Å². The van der Waals surface area contributed by atoms with Gasteiger partial charge < -0.3 is 19.9 Å².